The second-order valence-corrected chi connectivity index (χ2v) is 3.38. The molecule has 1 aromatic rings. The Balaban J connectivity index is 0.00000121. The van der Waals surface area contributed by atoms with Gasteiger partial charge in [-0.1, -0.05) is 31.2 Å². The van der Waals surface area contributed by atoms with Crippen LogP contribution in [0.1, 0.15) is 11.8 Å². The van der Waals surface area contributed by atoms with Crippen LogP contribution in [0.3, 0.4) is 0 Å². The highest BCUT2D eigenvalue weighted by Crippen LogP contribution is 2.03. The molecule has 0 atom stereocenters. The number of hydrogen-bond acceptors (Lipinski definition) is 0. The molecule has 0 aromatic carbocycles. The fourth-order valence-corrected chi connectivity index (χ4v) is 1.53. The van der Waals surface area contributed by atoms with Gasteiger partial charge in [0.1, 0.15) is 10.3 Å². The van der Waals surface area contributed by atoms with E-state index in [-0.39, 0.29) is 12.4 Å². The molecule has 0 saturated heterocycles. The Morgan fingerprint density at radius 1 is 1.08 bits per heavy atom. The van der Waals surface area contributed by atoms with Gasteiger partial charge in [0, 0.05) is 6.42 Å². The summed E-state index contributed by atoms with van der Waals surface area (Å²) >= 11 is 1.32. The molecule has 0 nitrogen and oxygen atoms in total. The molecule has 0 N–H and O–H groups in total. The van der Waals surface area contributed by atoms with Crippen LogP contribution in [0.25, 0.3) is 0 Å². The normalized spacial score (nSPS) is 8.08. The van der Waals surface area contributed by atoms with E-state index in [1.807, 2.05) is 6.07 Å². The van der Waals surface area contributed by atoms with Gasteiger partial charge < -0.3 is 12.4 Å². The number of halogens is 1. The van der Waals surface area contributed by atoms with Gasteiger partial charge in [-0.15, -0.1) is 0 Å². The van der Waals surface area contributed by atoms with Crippen LogP contribution < -0.4 is 12.4 Å². The quantitative estimate of drug-likeness (QED) is 0.568. The summed E-state index contributed by atoms with van der Waals surface area (Å²) in [6.07, 6.45) is 1.14. The summed E-state index contributed by atoms with van der Waals surface area (Å²) in [6, 6.07) is 12.5. The molecule has 12 heavy (non-hydrogen) atoms. The van der Waals surface area contributed by atoms with Crippen molar-refractivity contribution in [2.24, 2.45) is 0 Å². The molecule has 66 valence electrons. The van der Waals surface area contributed by atoms with Gasteiger partial charge in [0.15, 0.2) is 0 Å². The highest BCUT2D eigenvalue weighted by molar-refractivity contribution is 7.09. The van der Waals surface area contributed by atoms with E-state index in [1.165, 1.54) is 16.2 Å². The van der Waals surface area contributed by atoms with Gasteiger partial charge in [-0.3, -0.25) is 0 Å². The molecule has 0 fully saturated rings. The molecule has 0 spiro atoms. The van der Waals surface area contributed by atoms with Gasteiger partial charge in [0.25, 0.3) is 0 Å². The summed E-state index contributed by atoms with van der Waals surface area (Å²) in [4.78, 5) is 1.46. The van der Waals surface area contributed by atoms with Crippen molar-refractivity contribution in [3.05, 3.63) is 46.7 Å². The van der Waals surface area contributed by atoms with Crippen LogP contribution in [0.4, 0.5) is 0 Å². The molecular formula is C10H13ClS. The topological polar surface area (TPSA) is 0 Å². The van der Waals surface area contributed by atoms with Crippen molar-refractivity contribution in [2.75, 3.05) is 0 Å². The van der Waals surface area contributed by atoms with E-state index in [9.17, 15) is 0 Å². The lowest BCUT2D eigenvalue weighted by Crippen LogP contribution is -3.00. The molecule has 0 aliphatic carbocycles. The molecule has 1 rings (SSSR count). The zero-order valence-electron chi connectivity index (χ0n) is 7.07. The van der Waals surface area contributed by atoms with E-state index in [0.717, 1.165) is 6.42 Å². The Kier molecular flexibility index (Phi) is 6.82. The van der Waals surface area contributed by atoms with Crippen LogP contribution in [-0.4, -0.2) is 0 Å². The third-order valence-electron chi connectivity index (χ3n) is 1.42. The van der Waals surface area contributed by atoms with Crippen molar-refractivity contribution in [2.45, 2.75) is 13.3 Å². The minimum atomic E-state index is 0. The number of aryl methyl sites for hydroxylation is 1. The first kappa shape index (κ1) is 11.5. The third kappa shape index (κ3) is 4.37. The maximum atomic E-state index is 2.19. The molecule has 0 bridgehead atoms. The van der Waals surface area contributed by atoms with E-state index >= 15 is 0 Å². The van der Waals surface area contributed by atoms with Crippen molar-refractivity contribution in [3.63, 3.8) is 0 Å². The van der Waals surface area contributed by atoms with Crippen molar-refractivity contribution in [1.29, 1.82) is 0 Å². The predicted octanol–water partition coefficient (Wildman–Crippen LogP) is 0.171. The van der Waals surface area contributed by atoms with Gasteiger partial charge in [0.05, 0.1) is 0 Å². The summed E-state index contributed by atoms with van der Waals surface area (Å²) in [7, 11) is 0. The first-order valence-electron chi connectivity index (χ1n) is 3.83. The van der Waals surface area contributed by atoms with Gasteiger partial charge in [-0.05, 0) is 23.5 Å². The molecular weight excluding hydrogens is 188 g/mol. The first-order valence-corrected chi connectivity index (χ1v) is 4.79. The van der Waals surface area contributed by atoms with E-state index < -0.39 is 0 Å². The lowest BCUT2D eigenvalue weighted by atomic mass is 10.4. The lowest BCUT2D eigenvalue weighted by molar-refractivity contribution is -0.00000221. The fraction of sp³-hybridized carbons (Fsp3) is 0.200. The lowest BCUT2D eigenvalue weighted by Gasteiger charge is -1.76. The van der Waals surface area contributed by atoms with Crippen LogP contribution in [0, 0.1) is 0 Å². The Hall–Kier alpha value is -0.530. The minimum Gasteiger partial charge on any atom is -1.00 e. The van der Waals surface area contributed by atoms with Crippen LogP contribution in [-0.2, 0) is 6.42 Å². The third-order valence-corrected chi connectivity index (χ3v) is 2.54. The summed E-state index contributed by atoms with van der Waals surface area (Å²) in [6.45, 7) is 2.19. The zero-order chi connectivity index (χ0) is 7.94. The van der Waals surface area contributed by atoms with E-state index in [4.69, 9.17) is 0 Å². The average Bonchev–Trinajstić information content (AvgIpc) is 2.16. The monoisotopic (exact) mass is 200 g/mol. The molecule has 0 radical (unpaired) electrons. The van der Waals surface area contributed by atoms with E-state index in [2.05, 4.69) is 42.6 Å². The maximum Gasteiger partial charge on any atom is 0.147 e. The van der Waals surface area contributed by atoms with Crippen LogP contribution >= 0.6 is 11.3 Å². The molecule has 0 saturated carbocycles. The second kappa shape index (κ2) is 7.14. The number of hydrogen-bond donors (Lipinski definition) is 0. The summed E-state index contributed by atoms with van der Waals surface area (Å²) in [5.41, 5.74) is 0. The fourth-order valence-electron chi connectivity index (χ4n) is 0.800. The van der Waals surface area contributed by atoms with Crippen molar-refractivity contribution in [1.82, 2.24) is 0 Å². The molecule has 0 aliphatic heterocycles. The smallest absolute Gasteiger partial charge is 0.147 e. The Morgan fingerprint density at radius 3 is 2.50 bits per heavy atom. The largest absolute Gasteiger partial charge is 1.00 e. The Morgan fingerprint density at radius 2 is 1.75 bits per heavy atom. The number of rotatable bonds is 1. The van der Waals surface area contributed by atoms with Gasteiger partial charge in [-0.25, -0.2) is 0 Å². The van der Waals surface area contributed by atoms with Crippen molar-refractivity contribution in [3.8, 4) is 0 Å². The van der Waals surface area contributed by atoms with E-state index in [1.54, 1.807) is 0 Å². The highest BCUT2D eigenvalue weighted by Gasteiger charge is 1.87. The van der Waals surface area contributed by atoms with Crippen LogP contribution in [0.5, 0.6) is 0 Å². The molecule has 1 aromatic heterocycles. The average molecular weight is 201 g/mol. The zero-order valence-corrected chi connectivity index (χ0v) is 8.72. The molecule has 0 aliphatic rings. The molecule has 2 heteroatoms. The first-order chi connectivity index (χ1) is 5.43. The minimum absolute atomic E-state index is 0. The SMILES string of the molecule is CCc1ccccccc[sH+]1.[Cl-]. The maximum absolute atomic E-state index is 2.19. The highest BCUT2D eigenvalue weighted by atomic mass is 35.5. The standard InChI is InChI=1S/C10H12S.ClH/c1-2-10-8-6-4-3-5-7-9-11-10;/h3-9H,2H2,1H3;1H. The van der Waals surface area contributed by atoms with Crippen molar-refractivity contribution >= 4 is 11.3 Å². The summed E-state index contributed by atoms with van der Waals surface area (Å²) in [5, 5.41) is 2.17. The summed E-state index contributed by atoms with van der Waals surface area (Å²) in [5.74, 6) is 0. The molecule has 1 heterocycles. The van der Waals surface area contributed by atoms with Gasteiger partial charge in [-0.2, -0.15) is 0 Å². The van der Waals surface area contributed by atoms with Gasteiger partial charge >= 0.3 is 0 Å². The molecule has 0 unspecified atom stereocenters. The van der Waals surface area contributed by atoms with Gasteiger partial charge in [0.2, 0.25) is 0 Å². The Labute approximate surface area is 84.0 Å². The molecule has 0 amide bonds. The summed E-state index contributed by atoms with van der Waals surface area (Å²) < 4.78 is 0. The van der Waals surface area contributed by atoms with Crippen LogP contribution in [0.15, 0.2) is 41.8 Å². The second-order valence-electron chi connectivity index (χ2n) is 2.25. The van der Waals surface area contributed by atoms with Crippen molar-refractivity contribution < 1.29 is 12.4 Å². The Bertz CT molecular complexity index is 230. The van der Waals surface area contributed by atoms with Crippen LogP contribution in [0.2, 0.25) is 0 Å². The van der Waals surface area contributed by atoms with E-state index in [0.29, 0.717) is 0 Å². The predicted molar refractivity (Wildman–Crippen MR) is 52.7 cm³/mol.